The van der Waals surface area contributed by atoms with Crippen LogP contribution in [0.3, 0.4) is 0 Å². The Morgan fingerprint density at radius 2 is 1.97 bits per heavy atom. The van der Waals surface area contributed by atoms with Crippen LogP contribution in [0.25, 0.3) is 0 Å². The van der Waals surface area contributed by atoms with Gasteiger partial charge in [0.1, 0.15) is 11.6 Å². The van der Waals surface area contributed by atoms with Crippen LogP contribution in [0.15, 0.2) is 0 Å². The Morgan fingerprint density at radius 3 is 2.68 bits per heavy atom. The van der Waals surface area contributed by atoms with Crippen LogP contribution >= 0.6 is 0 Å². The van der Waals surface area contributed by atoms with Crippen LogP contribution in [-0.2, 0) is 23.9 Å². The molecule has 5 atom stereocenters. The Morgan fingerprint density at radius 1 is 1.19 bits per heavy atom. The zero-order valence-corrected chi connectivity index (χ0v) is 18.5. The minimum Gasteiger partial charge on any atom is -0.466 e. The van der Waals surface area contributed by atoms with Crippen molar-refractivity contribution in [3.63, 3.8) is 0 Å². The van der Waals surface area contributed by atoms with Crippen molar-refractivity contribution in [1.82, 2.24) is 10.2 Å². The SMILES string of the molecule is CCOC(=O)[C@@H]1[C@@H]2CCC3(O2)C(C(=O)NC2CCCCC2)N(CCCCCO)C(=O)[C@H]13. The molecular formula is C23H36N2O6. The normalized spacial score (nSPS) is 34.8. The highest BCUT2D eigenvalue weighted by molar-refractivity contribution is 5.98. The molecule has 1 saturated carbocycles. The van der Waals surface area contributed by atoms with Crippen LogP contribution < -0.4 is 5.32 Å². The number of nitrogens with one attached hydrogen (secondary N) is 1. The van der Waals surface area contributed by atoms with Crippen LogP contribution in [0, 0.1) is 11.8 Å². The lowest BCUT2D eigenvalue weighted by Crippen LogP contribution is -2.57. The Labute approximate surface area is 184 Å². The van der Waals surface area contributed by atoms with Crippen molar-refractivity contribution < 1.29 is 29.0 Å². The summed E-state index contributed by atoms with van der Waals surface area (Å²) in [7, 11) is 0. The molecule has 8 heteroatoms. The molecule has 8 nitrogen and oxygen atoms in total. The van der Waals surface area contributed by atoms with Crippen LogP contribution in [0.4, 0.5) is 0 Å². The first-order valence-electron chi connectivity index (χ1n) is 12.1. The summed E-state index contributed by atoms with van der Waals surface area (Å²) in [5.74, 6) is -1.97. The highest BCUT2D eigenvalue weighted by Crippen LogP contribution is 2.58. The van der Waals surface area contributed by atoms with Gasteiger partial charge in [-0.2, -0.15) is 0 Å². The van der Waals surface area contributed by atoms with Crippen LogP contribution in [0.5, 0.6) is 0 Å². The fourth-order valence-electron chi connectivity index (χ4n) is 6.30. The van der Waals surface area contributed by atoms with E-state index in [4.69, 9.17) is 14.6 Å². The van der Waals surface area contributed by atoms with Gasteiger partial charge in [0.2, 0.25) is 11.8 Å². The van der Waals surface area contributed by atoms with Crippen LogP contribution in [0.1, 0.15) is 71.1 Å². The molecule has 1 aliphatic carbocycles. The van der Waals surface area contributed by atoms with E-state index in [9.17, 15) is 14.4 Å². The van der Waals surface area contributed by atoms with Gasteiger partial charge in [-0.1, -0.05) is 19.3 Å². The standard InChI is InChI=1S/C23H36N2O6/c1-2-30-22(29)17-16-11-12-23(31-16)18(17)21(28)25(13-7-4-8-14-26)19(23)20(27)24-15-9-5-3-6-10-15/h15-19,26H,2-14H2,1H3,(H,24,27)/t16-,17+,18-,19?,23?/m0/s1. The van der Waals surface area contributed by atoms with Gasteiger partial charge in [0.15, 0.2) is 0 Å². The minimum absolute atomic E-state index is 0.113. The summed E-state index contributed by atoms with van der Waals surface area (Å²) in [5, 5.41) is 12.3. The molecule has 4 aliphatic rings. The number of carbonyl (C=O) groups excluding carboxylic acids is 3. The lowest BCUT2D eigenvalue weighted by molar-refractivity contribution is -0.154. The molecular weight excluding hydrogens is 400 g/mol. The summed E-state index contributed by atoms with van der Waals surface area (Å²) in [6, 6.07) is -0.562. The van der Waals surface area contributed by atoms with E-state index < -0.39 is 23.5 Å². The van der Waals surface area contributed by atoms with Crippen molar-refractivity contribution >= 4 is 17.8 Å². The Kier molecular flexibility index (Phi) is 6.86. The molecule has 31 heavy (non-hydrogen) atoms. The summed E-state index contributed by atoms with van der Waals surface area (Å²) < 4.78 is 11.6. The third-order valence-electron chi connectivity index (χ3n) is 7.62. The summed E-state index contributed by atoms with van der Waals surface area (Å²) >= 11 is 0. The average molecular weight is 437 g/mol. The second kappa shape index (κ2) is 9.45. The van der Waals surface area contributed by atoms with Crippen molar-refractivity contribution in [3.8, 4) is 0 Å². The van der Waals surface area contributed by atoms with E-state index >= 15 is 0 Å². The number of hydrogen-bond donors (Lipinski definition) is 2. The molecule has 0 aromatic heterocycles. The minimum atomic E-state index is -0.936. The Balaban J connectivity index is 1.58. The number of aliphatic hydroxyl groups excluding tert-OH is 1. The molecule has 2 bridgehead atoms. The molecule has 0 aromatic carbocycles. The molecule has 3 saturated heterocycles. The Hall–Kier alpha value is -1.67. The van der Waals surface area contributed by atoms with Crippen molar-refractivity contribution in [1.29, 1.82) is 0 Å². The summed E-state index contributed by atoms with van der Waals surface area (Å²) in [5.41, 5.74) is -0.936. The predicted molar refractivity (Wildman–Crippen MR) is 112 cm³/mol. The summed E-state index contributed by atoms with van der Waals surface area (Å²) in [6.45, 7) is 2.56. The quantitative estimate of drug-likeness (QED) is 0.420. The first kappa shape index (κ1) is 22.5. The average Bonchev–Trinajstić information content (AvgIpc) is 3.39. The number of amides is 2. The molecule has 1 spiro atoms. The lowest BCUT2D eigenvalue weighted by atomic mass is 9.70. The first-order valence-corrected chi connectivity index (χ1v) is 12.1. The number of aliphatic hydroxyl groups is 1. The number of esters is 1. The number of unbranched alkanes of at least 4 members (excludes halogenated alkanes) is 2. The van der Waals surface area contributed by atoms with Gasteiger partial charge in [-0.3, -0.25) is 14.4 Å². The maximum Gasteiger partial charge on any atom is 0.312 e. The number of nitrogens with zero attached hydrogens (tertiary/aromatic N) is 1. The topological polar surface area (TPSA) is 105 Å². The number of carbonyl (C=O) groups is 3. The first-order chi connectivity index (χ1) is 15.0. The second-order valence-corrected chi connectivity index (χ2v) is 9.47. The van der Waals surface area contributed by atoms with Gasteiger partial charge < -0.3 is 24.8 Å². The number of likely N-dealkylation sites (tertiary alicyclic amines) is 1. The third kappa shape index (κ3) is 3.97. The van der Waals surface area contributed by atoms with Crippen molar-refractivity contribution in [2.75, 3.05) is 19.8 Å². The van der Waals surface area contributed by atoms with E-state index in [0.29, 0.717) is 32.2 Å². The van der Waals surface area contributed by atoms with Gasteiger partial charge in [-0.05, 0) is 51.9 Å². The Bertz CT molecular complexity index is 694. The summed E-state index contributed by atoms with van der Waals surface area (Å²) in [6.07, 6.45) is 8.42. The number of rotatable bonds is 9. The monoisotopic (exact) mass is 436 g/mol. The number of hydrogen-bond acceptors (Lipinski definition) is 6. The second-order valence-electron chi connectivity index (χ2n) is 9.47. The van der Waals surface area contributed by atoms with Gasteiger partial charge in [0.05, 0.1) is 24.5 Å². The third-order valence-corrected chi connectivity index (χ3v) is 7.62. The molecule has 3 aliphatic heterocycles. The summed E-state index contributed by atoms with van der Waals surface area (Å²) in [4.78, 5) is 41.5. The largest absolute Gasteiger partial charge is 0.466 e. The maximum absolute atomic E-state index is 13.6. The van der Waals surface area contributed by atoms with E-state index in [2.05, 4.69) is 5.32 Å². The number of ether oxygens (including phenoxy) is 2. The van der Waals surface area contributed by atoms with E-state index in [1.807, 2.05) is 0 Å². The van der Waals surface area contributed by atoms with E-state index in [-0.39, 0.29) is 43.1 Å². The van der Waals surface area contributed by atoms with Crippen molar-refractivity contribution in [2.24, 2.45) is 11.8 Å². The van der Waals surface area contributed by atoms with Gasteiger partial charge >= 0.3 is 5.97 Å². The smallest absolute Gasteiger partial charge is 0.312 e. The van der Waals surface area contributed by atoms with Gasteiger partial charge in [0.25, 0.3) is 0 Å². The highest BCUT2D eigenvalue weighted by Gasteiger charge is 2.74. The zero-order chi connectivity index (χ0) is 22.0. The van der Waals surface area contributed by atoms with Crippen LogP contribution in [-0.4, -0.2) is 71.3 Å². The van der Waals surface area contributed by atoms with Gasteiger partial charge in [-0.15, -0.1) is 0 Å². The molecule has 4 rings (SSSR count). The van der Waals surface area contributed by atoms with E-state index in [1.54, 1.807) is 11.8 Å². The molecule has 174 valence electrons. The van der Waals surface area contributed by atoms with E-state index in [0.717, 1.165) is 32.1 Å². The van der Waals surface area contributed by atoms with E-state index in [1.165, 1.54) is 6.42 Å². The van der Waals surface area contributed by atoms with Crippen molar-refractivity contribution in [2.45, 2.75) is 94.9 Å². The molecule has 2 amide bonds. The highest BCUT2D eigenvalue weighted by atomic mass is 16.6. The molecule has 2 unspecified atom stereocenters. The fourth-order valence-corrected chi connectivity index (χ4v) is 6.30. The molecule has 3 heterocycles. The molecule has 0 aromatic rings. The number of fused-ring (bicyclic) bond motifs is 1. The maximum atomic E-state index is 13.6. The van der Waals surface area contributed by atoms with Gasteiger partial charge in [-0.25, -0.2) is 0 Å². The molecule has 2 N–H and O–H groups in total. The fraction of sp³-hybridized carbons (Fsp3) is 0.870. The molecule has 0 radical (unpaired) electrons. The van der Waals surface area contributed by atoms with Gasteiger partial charge in [0, 0.05) is 19.2 Å². The predicted octanol–water partition coefficient (Wildman–Crippen LogP) is 1.54. The zero-order valence-electron chi connectivity index (χ0n) is 18.5. The lowest BCUT2D eigenvalue weighted by Gasteiger charge is -2.35. The van der Waals surface area contributed by atoms with Crippen molar-refractivity contribution in [3.05, 3.63) is 0 Å². The van der Waals surface area contributed by atoms with Crippen LogP contribution in [0.2, 0.25) is 0 Å². The molecule has 4 fully saturated rings.